The number of carboxylic acid groups (broad SMARTS) is 1. The summed E-state index contributed by atoms with van der Waals surface area (Å²) >= 11 is 0. The van der Waals surface area contributed by atoms with E-state index in [1.807, 2.05) is 0 Å². The number of rotatable bonds is 4. The van der Waals surface area contributed by atoms with Crippen molar-refractivity contribution in [3.05, 3.63) is 0 Å². The molecule has 4 heteroatoms. The second-order valence-corrected chi connectivity index (χ2v) is 4.71. The molecule has 2 N–H and O–H groups in total. The molecule has 0 saturated heterocycles. The van der Waals surface area contributed by atoms with E-state index in [1.165, 1.54) is 6.42 Å². The smallest absolute Gasteiger partial charge is 0.320 e. The Bertz CT molecular complexity index is 224. The fourth-order valence-corrected chi connectivity index (χ4v) is 2.16. The van der Waals surface area contributed by atoms with Crippen LogP contribution in [0, 0.1) is 0 Å². The zero-order valence-electron chi connectivity index (χ0n) is 9.57. The van der Waals surface area contributed by atoms with Crippen LogP contribution in [0.1, 0.15) is 39.0 Å². The van der Waals surface area contributed by atoms with Gasteiger partial charge in [-0.05, 0) is 26.8 Å². The Labute approximate surface area is 90.9 Å². The van der Waals surface area contributed by atoms with Gasteiger partial charge in [0.05, 0.1) is 5.60 Å². The highest BCUT2D eigenvalue weighted by Gasteiger charge is 2.32. The molecule has 1 unspecified atom stereocenters. The molecule has 0 aromatic rings. The van der Waals surface area contributed by atoms with Crippen molar-refractivity contribution in [3.63, 3.8) is 0 Å². The monoisotopic (exact) mass is 215 g/mol. The number of carboxylic acids is 1. The Morgan fingerprint density at radius 3 is 2.40 bits per heavy atom. The molecule has 88 valence electrons. The number of nitrogens with zero attached hydrogens (tertiary/aromatic N) is 1. The van der Waals surface area contributed by atoms with Gasteiger partial charge >= 0.3 is 5.97 Å². The van der Waals surface area contributed by atoms with Crippen molar-refractivity contribution >= 4 is 5.97 Å². The highest BCUT2D eigenvalue weighted by Crippen LogP contribution is 2.28. The van der Waals surface area contributed by atoms with Gasteiger partial charge in [-0.1, -0.05) is 19.3 Å². The lowest BCUT2D eigenvalue weighted by atomic mass is 9.84. The van der Waals surface area contributed by atoms with Gasteiger partial charge in [0.2, 0.25) is 0 Å². The SMILES string of the molecule is CC(C(=O)O)N(C)CC1(O)CCCCC1. The summed E-state index contributed by atoms with van der Waals surface area (Å²) in [5.41, 5.74) is -0.670. The van der Waals surface area contributed by atoms with Gasteiger partial charge in [0.1, 0.15) is 6.04 Å². The summed E-state index contributed by atoms with van der Waals surface area (Å²) in [5, 5.41) is 19.1. The molecule has 1 rings (SSSR count). The van der Waals surface area contributed by atoms with E-state index >= 15 is 0 Å². The van der Waals surface area contributed by atoms with E-state index < -0.39 is 17.6 Å². The lowest BCUT2D eigenvalue weighted by Gasteiger charge is -2.36. The van der Waals surface area contributed by atoms with Crippen LogP contribution in [-0.4, -0.2) is 46.3 Å². The second kappa shape index (κ2) is 4.94. The summed E-state index contributed by atoms with van der Waals surface area (Å²) in [4.78, 5) is 12.5. The Hall–Kier alpha value is -0.610. The molecule has 1 aliphatic carbocycles. The fraction of sp³-hybridized carbons (Fsp3) is 0.909. The highest BCUT2D eigenvalue weighted by molar-refractivity contribution is 5.72. The minimum absolute atomic E-state index is 0.459. The summed E-state index contributed by atoms with van der Waals surface area (Å²) in [6.07, 6.45) is 4.87. The lowest BCUT2D eigenvalue weighted by molar-refractivity contribution is -0.143. The minimum Gasteiger partial charge on any atom is -0.480 e. The van der Waals surface area contributed by atoms with E-state index in [0.717, 1.165) is 25.7 Å². The van der Waals surface area contributed by atoms with Crippen LogP contribution in [0.3, 0.4) is 0 Å². The molecular formula is C11H21NO3. The first-order valence-electron chi connectivity index (χ1n) is 5.60. The Morgan fingerprint density at radius 2 is 1.93 bits per heavy atom. The molecule has 0 bridgehead atoms. The quantitative estimate of drug-likeness (QED) is 0.737. The van der Waals surface area contributed by atoms with Gasteiger partial charge in [0.25, 0.3) is 0 Å². The topological polar surface area (TPSA) is 60.8 Å². The maximum Gasteiger partial charge on any atom is 0.320 e. The predicted octanol–water partition coefficient (Wildman–Crippen LogP) is 1.09. The first-order chi connectivity index (χ1) is 6.94. The summed E-state index contributed by atoms with van der Waals surface area (Å²) in [7, 11) is 1.76. The molecule has 0 aliphatic heterocycles. The molecule has 4 nitrogen and oxygen atoms in total. The third-order valence-corrected chi connectivity index (χ3v) is 3.35. The van der Waals surface area contributed by atoms with Crippen LogP contribution < -0.4 is 0 Å². The largest absolute Gasteiger partial charge is 0.480 e. The van der Waals surface area contributed by atoms with Crippen molar-refractivity contribution < 1.29 is 15.0 Å². The van der Waals surface area contributed by atoms with Crippen LogP contribution >= 0.6 is 0 Å². The van der Waals surface area contributed by atoms with Crippen molar-refractivity contribution in [1.29, 1.82) is 0 Å². The summed E-state index contributed by atoms with van der Waals surface area (Å²) in [6, 6.07) is -0.532. The van der Waals surface area contributed by atoms with Gasteiger partial charge in [-0.25, -0.2) is 0 Å². The Kier molecular flexibility index (Phi) is 4.11. The Balaban J connectivity index is 2.48. The average Bonchev–Trinajstić information content (AvgIpc) is 2.16. The van der Waals surface area contributed by atoms with Crippen LogP contribution in [-0.2, 0) is 4.79 Å². The van der Waals surface area contributed by atoms with Crippen molar-refractivity contribution in [3.8, 4) is 0 Å². The first kappa shape index (κ1) is 12.5. The van der Waals surface area contributed by atoms with E-state index in [4.69, 9.17) is 5.11 Å². The maximum absolute atomic E-state index is 10.8. The molecule has 0 spiro atoms. The average molecular weight is 215 g/mol. The first-order valence-corrected chi connectivity index (χ1v) is 5.60. The second-order valence-electron chi connectivity index (χ2n) is 4.71. The maximum atomic E-state index is 10.8. The van der Waals surface area contributed by atoms with Crippen LogP contribution in [0.5, 0.6) is 0 Å². The van der Waals surface area contributed by atoms with Gasteiger partial charge in [-0.15, -0.1) is 0 Å². The van der Waals surface area contributed by atoms with Gasteiger partial charge < -0.3 is 10.2 Å². The normalized spacial score (nSPS) is 22.7. The van der Waals surface area contributed by atoms with Crippen LogP contribution in [0.2, 0.25) is 0 Å². The number of aliphatic hydroxyl groups is 1. The van der Waals surface area contributed by atoms with E-state index in [1.54, 1.807) is 18.9 Å². The molecular weight excluding hydrogens is 194 g/mol. The van der Waals surface area contributed by atoms with Crippen LogP contribution in [0.25, 0.3) is 0 Å². The molecule has 0 aromatic heterocycles. The Morgan fingerprint density at radius 1 is 1.40 bits per heavy atom. The van der Waals surface area contributed by atoms with E-state index in [0.29, 0.717) is 6.54 Å². The number of hydrogen-bond donors (Lipinski definition) is 2. The summed E-state index contributed by atoms with van der Waals surface area (Å²) < 4.78 is 0. The highest BCUT2D eigenvalue weighted by atomic mass is 16.4. The molecule has 1 aliphatic rings. The fourth-order valence-electron chi connectivity index (χ4n) is 2.16. The summed E-state index contributed by atoms with van der Waals surface area (Å²) in [6.45, 7) is 2.11. The summed E-state index contributed by atoms with van der Waals surface area (Å²) in [5.74, 6) is -0.836. The van der Waals surface area contributed by atoms with Gasteiger partial charge in [-0.3, -0.25) is 9.69 Å². The van der Waals surface area contributed by atoms with Crippen molar-refractivity contribution in [2.75, 3.05) is 13.6 Å². The third kappa shape index (κ3) is 3.47. The number of likely N-dealkylation sites (N-methyl/N-ethyl adjacent to an activating group) is 1. The molecule has 0 amide bonds. The molecule has 0 heterocycles. The zero-order valence-corrected chi connectivity index (χ0v) is 9.57. The van der Waals surface area contributed by atoms with Crippen LogP contribution in [0.4, 0.5) is 0 Å². The molecule has 1 atom stereocenters. The van der Waals surface area contributed by atoms with E-state index in [2.05, 4.69) is 0 Å². The molecule has 0 aromatic carbocycles. The van der Waals surface area contributed by atoms with Gasteiger partial charge in [0, 0.05) is 6.54 Å². The number of carbonyl (C=O) groups is 1. The van der Waals surface area contributed by atoms with Crippen LogP contribution in [0.15, 0.2) is 0 Å². The van der Waals surface area contributed by atoms with Crippen molar-refractivity contribution in [1.82, 2.24) is 4.90 Å². The molecule has 15 heavy (non-hydrogen) atoms. The van der Waals surface area contributed by atoms with Crippen molar-refractivity contribution in [2.45, 2.75) is 50.7 Å². The molecule has 0 radical (unpaired) electrons. The molecule has 1 saturated carbocycles. The number of aliphatic carboxylic acids is 1. The number of hydrogen-bond acceptors (Lipinski definition) is 3. The van der Waals surface area contributed by atoms with E-state index in [-0.39, 0.29) is 0 Å². The van der Waals surface area contributed by atoms with Crippen molar-refractivity contribution in [2.24, 2.45) is 0 Å². The van der Waals surface area contributed by atoms with Gasteiger partial charge in [-0.2, -0.15) is 0 Å². The third-order valence-electron chi connectivity index (χ3n) is 3.35. The zero-order chi connectivity index (χ0) is 11.5. The molecule has 1 fully saturated rings. The lowest BCUT2D eigenvalue weighted by Crippen LogP contribution is -2.48. The predicted molar refractivity (Wildman–Crippen MR) is 57.8 cm³/mol. The minimum atomic E-state index is -0.836. The van der Waals surface area contributed by atoms with E-state index in [9.17, 15) is 9.90 Å². The standard InChI is InChI=1S/C11H21NO3/c1-9(10(13)14)12(2)8-11(15)6-4-3-5-7-11/h9,15H,3-8H2,1-2H3,(H,13,14). The van der Waals surface area contributed by atoms with Gasteiger partial charge in [0.15, 0.2) is 0 Å².